The molecule has 1 amide bonds. The zero-order valence-corrected chi connectivity index (χ0v) is 12.8. The molecule has 2 aromatic rings. The highest BCUT2D eigenvalue weighted by molar-refractivity contribution is 7.10. The normalized spacial score (nSPS) is 10.8. The molecule has 106 valence electrons. The molecule has 2 heterocycles. The van der Waals surface area contributed by atoms with Crippen molar-refractivity contribution in [3.8, 4) is 11.4 Å². The largest absolute Gasteiger partial charge is 0.300 e. The van der Waals surface area contributed by atoms with Crippen LogP contribution in [0.25, 0.3) is 11.4 Å². The van der Waals surface area contributed by atoms with Crippen LogP contribution in [0.1, 0.15) is 26.7 Å². The van der Waals surface area contributed by atoms with Crippen molar-refractivity contribution in [3.05, 3.63) is 23.5 Å². The summed E-state index contributed by atoms with van der Waals surface area (Å²) in [5.41, 5.74) is 0.661. The number of nitrogens with one attached hydrogen (secondary N) is 1. The molecule has 0 aromatic carbocycles. The van der Waals surface area contributed by atoms with Gasteiger partial charge in [0, 0.05) is 23.6 Å². The Labute approximate surface area is 126 Å². The summed E-state index contributed by atoms with van der Waals surface area (Å²) in [6, 6.07) is 3.56. The third-order valence-corrected chi connectivity index (χ3v) is 3.94. The van der Waals surface area contributed by atoms with E-state index in [1.165, 1.54) is 0 Å². The molecular weight excluding hydrogens is 296 g/mol. The van der Waals surface area contributed by atoms with Gasteiger partial charge in [-0.3, -0.25) is 4.79 Å². The molecule has 0 spiro atoms. The maximum atomic E-state index is 12.0. The Morgan fingerprint density at radius 2 is 2.20 bits per heavy atom. The highest BCUT2D eigenvalue weighted by Crippen LogP contribution is 2.26. The molecule has 0 fully saturated rings. The van der Waals surface area contributed by atoms with E-state index in [0.29, 0.717) is 21.7 Å². The number of aromatic nitrogens is 3. The second-order valence-corrected chi connectivity index (χ2v) is 5.38. The van der Waals surface area contributed by atoms with E-state index in [0.717, 1.165) is 24.4 Å². The van der Waals surface area contributed by atoms with Gasteiger partial charge in [0.2, 0.25) is 11.0 Å². The number of amides is 1. The summed E-state index contributed by atoms with van der Waals surface area (Å²) in [5, 5.41) is 3.63. The van der Waals surface area contributed by atoms with E-state index < -0.39 is 0 Å². The van der Waals surface area contributed by atoms with Gasteiger partial charge in [-0.25, -0.2) is 4.98 Å². The van der Waals surface area contributed by atoms with Gasteiger partial charge < -0.3 is 5.32 Å². The Morgan fingerprint density at radius 3 is 2.85 bits per heavy atom. The molecule has 0 unspecified atom stereocenters. The van der Waals surface area contributed by atoms with Crippen LogP contribution in [0, 0.1) is 5.92 Å². The van der Waals surface area contributed by atoms with E-state index in [-0.39, 0.29) is 11.8 Å². The number of hydrogen-bond donors (Lipinski definition) is 1. The maximum absolute atomic E-state index is 12.0. The Kier molecular flexibility index (Phi) is 5.03. The summed E-state index contributed by atoms with van der Waals surface area (Å²) in [7, 11) is 0. The SMILES string of the molecule is CCC(CC)C(=O)Nc1nc(-c2cccnc2Cl)ns1. The second kappa shape index (κ2) is 6.76. The first kappa shape index (κ1) is 14.9. The summed E-state index contributed by atoms with van der Waals surface area (Å²) in [6.45, 7) is 3.99. The number of hydrogen-bond acceptors (Lipinski definition) is 5. The van der Waals surface area contributed by atoms with E-state index in [9.17, 15) is 4.79 Å². The van der Waals surface area contributed by atoms with Crippen LogP contribution < -0.4 is 5.32 Å². The van der Waals surface area contributed by atoms with Crippen LogP contribution in [0.2, 0.25) is 5.15 Å². The van der Waals surface area contributed by atoms with E-state index >= 15 is 0 Å². The number of carbonyl (C=O) groups excluding carboxylic acids is 1. The standard InChI is InChI=1S/C13H15ClN4OS/c1-3-8(4-2)12(19)17-13-16-11(18-20-13)9-6-5-7-15-10(9)14/h5-8H,3-4H2,1-2H3,(H,16,17,18,19). The monoisotopic (exact) mass is 310 g/mol. The minimum atomic E-state index is -0.0185. The lowest BCUT2D eigenvalue weighted by Gasteiger charge is -2.10. The molecule has 0 saturated heterocycles. The lowest BCUT2D eigenvalue weighted by molar-refractivity contribution is -0.120. The fraction of sp³-hybridized carbons (Fsp3) is 0.385. The van der Waals surface area contributed by atoms with Crippen molar-refractivity contribution in [3.63, 3.8) is 0 Å². The van der Waals surface area contributed by atoms with Gasteiger partial charge in [0.1, 0.15) is 5.15 Å². The summed E-state index contributed by atoms with van der Waals surface area (Å²) >= 11 is 7.14. The summed E-state index contributed by atoms with van der Waals surface area (Å²) < 4.78 is 4.20. The fourth-order valence-corrected chi connectivity index (χ4v) is 2.59. The maximum Gasteiger partial charge on any atom is 0.229 e. The van der Waals surface area contributed by atoms with Crippen LogP contribution >= 0.6 is 23.1 Å². The van der Waals surface area contributed by atoms with Crippen molar-refractivity contribution < 1.29 is 4.79 Å². The zero-order chi connectivity index (χ0) is 14.5. The number of anilines is 1. The minimum absolute atomic E-state index is 0.00401. The quantitative estimate of drug-likeness (QED) is 0.856. The average molecular weight is 311 g/mol. The molecule has 0 aliphatic rings. The third-order valence-electron chi connectivity index (χ3n) is 3.01. The summed E-state index contributed by atoms with van der Waals surface area (Å²) in [4.78, 5) is 20.2. The molecule has 20 heavy (non-hydrogen) atoms. The number of carbonyl (C=O) groups is 1. The molecule has 2 aromatic heterocycles. The van der Waals surface area contributed by atoms with E-state index in [4.69, 9.17) is 11.6 Å². The van der Waals surface area contributed by atoms with Crippen LogP contribution in [0.15, 0.2) is 18.3 Å². The first-order chi connectivity index (χ1) is 9.65. The van der Waals surface area contributed by atoms with Crippen LogP contribution in [0.4, 0.5) is 5.13 Å². The topological polar surface area (TPSA) is 67.8 Å². The lowest BCUT2D eigenvalue weighted by Crippen LogP contribution is -2.21. The predicted molar refractivity (Wildman–Crippen MR) is 80.9 cm³/mol. The van der Waals surface area contributed by atoms with Gasteiger partial charge >= 0.3 is 0 Å². The predicted octanol–water partition coefficient (Wildman–Crippen LogP) is 3.63. The highest BCUT2D eigenvalue weighted by atomic mass is 35.5. The molecular formula is C13H15ClN4OS. The first-order valence-electron chi connectivity index (χ1n) is 6.41. The molecule has 0 radical (unpaired) electrons. The van der Waals surface area contributed by atoms with Gasteiger partial charge in [-0.1, -0.05) is 25.4 Å². The number of nitrogens with zero attached hydrogens (tertiary/aromatic N) is 3. The van der Waals surface area contributed by atoms with E-state index in [1.54, 1.807) is 18.3 Å². The van der Waals surface area contributed by atoms with Crippen LogP contribution in [0.5, 0.6) is 0 Å². The molecule has 1 N–H and O–H groups in total. The van der Waals surface area contributed by atoms with Crippen molar-refractivity contribution in [2.24, 2.45) is 5.92 Å². The number of halogens is 1. The molecule has 5 nitrogen and oxygen atoms in total. The number of rotatable bonds is 5. The smallest absolute Gasteiger partial charge is 0.229 e. The number of pyridine rings is 1. The Bertz CT molecular complexity index is 598. The average Bonchev–Trinajstić information content (AvgIpc) is 2.89. The van der Waals surface area contributed by atoms with Gasteiger partial charge in [-0.15, -0.1) is 0 Å². The Hall–Kier alpha value is -1.53. The third kappa shape index (κ3) is 3.32. The first-order valence-corrected chi connectivity index (χ1v) is 7.56. The Balaban J connectivity index is 2.14. The van der Waals surface area contributed by atoms with Crippen LogP contribution in [-0.2, 0) is 4.79 Å². The van der Waals surface area contributed by atoms with Crippen LogP contribution in [0.3, 0.4) is 0 Å². The van der Waals surface area contributed by atoms with Crippen molar-refractivity contribution in [2.75, 3.05) is 5.32 Å². The minimum Gasteiger partial charge on any atom is -0.300 e. The molecule has 0 saturated carbocycles. The van der Waals surface area contributed by atoms with E-state index in [1.807, 2.05) is 13.8 Å². The van der Waals surface area contributed by atoms with Crippen molar-refractivity contribution in [1.29, 1.82) is 0 Å². The lowest BCUT2D eigenvalue weighted by atomic mass is 10.0. The molecule has 0 atom stereocenters. The molecule has 2 rings (SSSR count). The van der Waals surface area contributed by atoms with Crippen molar-refractivity contribution >= 4 is 34.2 Å². The highest BCUT2D eigenvalue weighted by Gasteiger charge is 2.17. The fourth-order valence-electron chi connectivity index (χ4n) is 1.80. The molecule has 0 bridgehead atoms. The summed E-state index contributed by atoms with van der Waals surface area (Å²) in [5.74, 6) is 0.465. The van der Waals surface area contributed by atoms with Gasteiger partial charge in [0.25, 0.3) is 0 Å². The molecule has 0 aliphatic heterocycles. The van der Waals surface area contributed by atoms with Crippen LogP contribution in [-0.4, -0.2) is 20.2 Å². The zero-order valence-electron chi connectivity index (χ0n) is 11.3. The van der Waals surface area contributed by atoms with E-state index in [2.05, 4.69) is 19.7 Å². The van der Waals surface area contributed by atoms with Gasteiger partial charge in [-0.2, -0.15) is 9.36 Å². The summed E-state index contributed by atoms with van der Waals surface area (Å²) in [6.07, 6.45) is 3.22. The molecule has 0 aliphatic carbocycles. The second-order valence-electron chi connectivity index (χ2n) is 4.27. The van der Waals surface area contributed by atoms with Crippen molar-refractivity contribution in [2.45, 2.75) is 26.7 Å². The van der Waals surface area contributed by atoms with Gasteiger partial charge in [0.15, 0.2) is 5.82 Å². The van der Waals surface area contributed by atoms with Gasteiger partial charge in [0.05, 0.1) is 5.56 Å². The molecule has 7 heteroatoms. The van der Waals surface area contributed by atoms with Gasteiger partial charge in [-0.05, 0) is 25.0 Å². The van der Waals surface area contributed by atoms with Crippen molar-refractivity contribution in [1.82, 2.24) is 14.3 Å². The Morgan fingerprint density at radius 1 is 1.45 bits per heavy atom.